The summed E-state index contributed by atoms with van der Waals surface area (Å²) >= 11 is 0. The summed E-state index contributed by atoms with van der Waals surface area (Å²) in [4.78, 5) is 0. The number of allylic oxidation sites excluding steroid dienone is 2. The quantitative estimate of drug-likeness (QED) is 0.355. The Morgan fingerprint density at radius 3 is 1.87 bits per heavy atom. The molecule has 0 saturated heterocycles. The number of hydrogen-bond acceptors (Lipinski definition) is 3. The van der Waals surface area contributed by atoms with Gasteiger partial charge in [-0.3, -0.25) is 0 Å². The molecule has 0 N–H and O–H groups in total. The van der Waals surface area contributed by atoms with Crippen molar-refractivity contribution in [2.45, 2.75) is 116 Å². The molecule has 0 heterocycles. The van der Waals surface area contributed by atoms with Crippen LogP contribution in [0.3, 0.4) is 0 Å². The van der Waals surface area contributed by atoms with Crippen molar-refractivity contribution in [3.8, 4) is 0 Å². The predicted octanol–water partition coefficient (Wildman–Crippen LogP) is 7.79. The monoisotopic (exact) mass is 470 g/mol. The minimum Gasteiger partial charge on any atom is -0.548 e. The topological polar surface area (TPSA) is 27.7 Å². The molecule has 3 nitrogen and oxygen atoms in total. The third-order valence-electron chi connectivity index (χ3n) is 8.05. The van der Waals surface area contributed by atoms with Gasteiger partial charge in [0.15, 0.2) is 16.6 Å². The van der Waals surface area contributed by atoms with Crippen molar-refractivity contribution in [2.75, 3.05) is 6.61 Å². The lowest BCUT2D eigenvalue weighted by Crippen LogP contribution is -2.47. The Bertz CT molecular complexity index is 636. The highest BCUT2D eigenvalue weighted by Gasteiger charge is 2.51. The van der Waals surface area contributed by atoms with Gasteiger partial charge in [0, 0.05) is 18.9 Å². The fourth-order valence-electron chi connectivity index (χ4n) is 4.16. The van der Waals surface area contributed by atoms with Crippen LogP contribution in [0.25, 0.3) is 0 Å². The second-order valence-electron chi connectivity index (χ2n) is 13.8. The van der Waals surface area contributed by atoms with E-state index < -0.39 is 25.0 Å². The zero-order valence-corrected chi connectivity index (χ0v) is 25.2. The molecule has 1 fully saturated rings. The van der Waals surface area contributed by atoms with E-state index in [0.717, 1.165) is 19.4 Å². The summed E-state index contributed by atoms with van der Waals surface area (Å²) in [5, 5.41) is 0.471. The van der Waals surface area contributed by atoms with Crippen LogP contribution in [-0.2, 0) is 13.3 Å². The highest BCUT2D eigenvalue weighted by molar-refractivity contribution is 6.74. The van der Waals surface area contributed by atoms with Gasteiger partial charge in [0.1, 0.15) is 0 Å². The first-order valence-corrected chi connectivity index (χ1v) is 21.2. The van der Waals surface area contributed by atoms with Gasteiger partial charge in [-0.15, -0.1) is 0 Å². The molecule has 0 unspecified atom stereocenters. The predicted molar refractivity (Wildman–Crippen MR) is 137 cm³/mol. The molecule has 176 valence electrons. The minimum atomic E-state index is -1.82. The molecule has 2 aliphatic rings. The SMILES string of the molecule is CC(C)(C)[Si](C)(C)OC[C@@H]1[C@H]2CC(O[Si](C)(C)C)=C[C@H]2C[C@H]1O[Si](C)(C)C(C)(C)C. The van der Waals surface area contributed by atoms with Crippen LogP contribution in [0.1, 0.15) is 54.4 Å². The Balaban J connectivity index is 2.22. The maximum absolute atomic E-state index is 7.01. The third kappa shape index (κ3) is 6.12. The van der Waals surface area contributed by atoms with Crippen molar-refractivity contribution < 1.29 is 13.3 Å². The van der Waals surface area contributed by atoms with E-state index >= 15 is 0 Å². The van der Waals surface area contributed by atoms with Crippen LogP contribution < -0.4 is 0 Å². The van der Waals surface area contributed by atoms with Crippen molar-refractivity contribution in [1.29, 1.82) is 0 Å². The van der Waals surface area contributed by atoms with Gasteiger partial charge in [-0.1, -0.05) is 41.5 Å². The van der Waals surface area contributed by atoms with Crippen LogP contribution in [0.4, 0.5) is 0 Å². The average molecular weight is 471 g/mol. The molecule has 30 heavy (non-hydrogen) atoms. The van der Waals surface area contributed by atoms with Gasteiger partial charge in [0.25, 0.3) is 0 Å². The molecule has 0 aromatic rings. The van der Waals surface area contributed by atoms with E-state index in [-0.39, 0.29) is 10.1 Å². The maximum Gasteiger partial charge on any atom is 0.241 e. The van der Waals surface area contributed by atoms with E-state index in [0.29, 0.717) is 23.9 Å². The van der Waals surface area contributed by atoms with Crippen LogP contribution in [-0.4, -0.2) is 37.7 Å². The van der Waals surface area contributed by atoms with E-state index in [4.69, 9.17) is 13.3 Å². The summed E-state index contributed by atoms with van der Waals surface area (Å²) in [5.41, 5.74) is 0. The minimum absolute atomic E-state index is 0.234. The Morgan fingerprint density at radius 1 is 0.867 bits per heavy atom. The lowest BCUT2D eigenvalue weighted by molar-refractivity contribution is 0.0810. The fraction of sp³-hybridized carbons (Fsp3) is 0.917. The maximum atomic E-state index is 7.01. The first-order valence-electron chi connectivity index (χ1n) is 11.9. The number of rotatable bonds is 7. The molecule has 0 aliphatic heterocycles. The van der Waals surface area contributed by atoms with Gasteiger partial charge in [0.2, 0.25) is 8.32 Å². The summed E-state index contributed by atoms with van der Waals surface area (Å²) in [7, 11) is -5.16. The van der Waals surface area contributed by atoms with Crippen molar-refractivity contribution in [1.82, 2.24) is 0 Å². The molecule has 0 bridgehead atoms. The van der Waals surface area contributed by atoms with Crippen molar-refractivity contribution in [3.63, 3.8) is 0 Å². The van der Waals surface area contributed by atoms with Gasteiger partial charge in [-0.25, -0.2) is 0 Å². The molecule has 0 aromatic carbocycles. The highest BCUT2D eigenvalue weighted by atomic mass is 28.4. The highest BCUT2D eigenvalue weighted by Crippen LogP contribution is 2.51. The first-order chi connectivity index (χ1) is 13.2. The summed E-state index contributed by atoms with van der Waals surface area (Å²) in [6.07, 6.45) is 4.95. The van der Waals surface area contributed by atoms with Crippen molar-refractivity contribution >= 4 is 25.0 Å². The zero-order chi connectivity index (χ0) is 23.3. The van der Waals surface area contributed by atoms with Gasteiger partial charge in [-0.2, -0.15) is 0 Å². The summed E-state index contributed by atoms with van der Waals surface area (Å²) < 4.78 is 20.2. The normalized spacial score (nSPS) is 28.5. The van der Waals surface area contributed by atoms with Crippen LogP contribution in [0, 0.1) is 17.8 Å². The van der Waals surface area contributed by atoms with Crippen LogP contribution in [0.5, 0.6) is 0 Å². The van der Waals surface area contributed by atoms with Crippen LogP contribution >= 0.6 is 0 Å². The standard InChI is InChI=1S/C24H50O3Si3/c1-23(2,3)29(10,11)25-17-21-20-16-19(26-28(7,8)9)14-18(20)15-22(21)27-30(12,13)24(4,5)6/h14,18,20-22H,15-17H2,1-13H3/t18-,20-,21+,22+/m0/s1. The molecule has 0 aromatic heterocycles. The molecular weight excluding hydrogens is 421 g/mol. The van der Waals surface area contributed by atoms with Gasteiger partial charge < -0.3 is 13.3 Å². The average Bonchev–Trinajstić information content (AvgIpc) is 2.97. The fourth-order valence-corrected chi connectivity index (χ4v) is 7.52. The Labute approximate surface area is 190 Å². The lowest BCUT2D eigenvalue weighted by Gasteiger charge is -2.42. The van der Waals surface area contributed by atoms with E-state index in [1.165, 1.54) is 5.76 Å². The Kier molecular flexibility index (Phi) is 7.44. The van der Waals surface area contributed by atoms with E-state index in [9.17, 15) is 0 Å². The summed E-state index contributed by atoms with van der Waals surface area (Å²) in [6.45, 7) is 31.2. The number of fused-ring (bicyclic) bond motifs is 1. The van der Waals surface area contributed by atoms with Gasteiger partial charge in [-0.05, 0) is 80.2 Å². The van der Waals surface area contributed by atoms with Crippen molar-refractivity contribution in [2.24, 2.45) is 17.8 Å². The first kappa shape index (κ1) is 26.4. The largest absolute Gasteiger partial charge is 0.548 e. The van der Waals surface area contributed by atoms with Crippen molar-refractivity contribution in [3.05, 3.63) is 11.8 Å². The zero-order valence-electron chi connectivity index (χ0n) is 22.2. The molecule has 0 amide bonds. The molecule has 0 radical (unpaired) electrons. The van der Waals surface area contributed by atoms with Gasteiger partial charge >= 0.3 is 0 Å². The molecule has 0 spiro atoms. The lowest BCUT2D eigenvalue weighted by atomic mass is 9.91. The second kappa shape index (κ2) is 8.47. The van der Waals surface area contributed by atoms with E-state index in [1.807, 2.05) is 0 Å². The number of hydrogen-bond donors (Lipinski definition) is 0. The molecule has 2 rings (SSSR count). The molecule has 1 saturated carbocycles. The van der Waals surface area contributed by atoms with Gasteiger partial charge in [0.05, 0.1) is 11.9 Å². The van der Waals surface area contributed by atoms with Crippen LogP contribution in [0.2, 0.25) is 55.9 Å². The molecule has 4 atom stereocenters. The second-order valence-corrected chi connectivity index (χ2v) is 27.8. The Hall–Kier alpha value is 0.111. The van der Waals surface area contributed by atoms with Crippen LogP contribution in [0.15, 0.2) is 11.8 Å². The summed E-state index contributed by atoms with van der Waals surface area (Å²) in [5.74, 6) is 2.90. The summed E-state index contributed by atoms with van der Waals surface area (Å²) in [6, 6.07) is 0. The molecular formula is C24H50O3Si3. The van der Waals surface area contributed by atoms with E-state index in [2.05, 4.69) is 93.4 Å². The Morgan fingerprint density at radius 2 is 1.40 bits per heavy atom. The molecule has 6 heteroatoms. The smallest absolute Gasteiger partial charge is 0.241 e. The molecule has 2 aliphatic carbocycles. The van der Waals surface area contributed by atoms with E-state index in [1.54, 1.807) is 0 Å². The third-order valence-corrected chi connectivity index (χ3v) is 17.9.